The lowest BCUT2D eigenvalue weighted by Crippen LogP contribution is -1.98. The van der Waals surface area contributed by atoms with Crippen LogP contribution in [0.25, 0.3) is 0 Å². The molecule has 1 aromatic carbocycles. The van der Waals surface area contributed by atoms with Crippen LogP contribution in [0, 0.1) is 6.92 Å². The van der Waals surface area contributed by atoms with Crippen LogP contribution in [0.5, 0.6) is 5.75 Å². The lowest BCUT2D eigenvalue weighted by Gasteiger charge is -2.09. The first-order valence-electron chi connectivity index (χ1n) is 7.13. The van der Waals surface area contributed by atoms with Gasteiger partial charge in [0.1, 0.15) is 5.75 Å². The molecule has 0 bridgehead atoms. The van der Waals surface area contributed by atoms with Crippen molar-refractivity contribution in [3.8, 4) is 5.75 Å². The number of hydrogen-bond acceptors (Lipinski definition) is 1. The van der Waals surface area contributed by atoms with Gasteiger partial charge in [0.15, 0.2) is 0 Å². The first-order chi connectivity index (χ1) is 8.74. The van der Waals surface area contributed by atoms with Crippen molar-refractivity contribution in [3.63, 3.8) is 0 Å². The van der Waals surface area contributed by atoms with E-state index in [-0.39, 0.29) is 0 Å². The van der Waals surface area contributed by atoms with Crippen molar-refractivity contribution in [1.29, 1.82) is 0 Å². The summed E-state index contributed by atoms with van der Waals surface area (Å²) in [4.78, 5) is 0. The van der Waals surface area contributed by atoms with E-state index in [1.54, 1.807) is 0 Å². The van der Waals surface area contributed by atoms with Gasteiger partial charge in [0.2, 0.25) is 0 Å². The normalized spacial score (nSPS) is 10.6. The molecule has 0 aliphatic rings. The van der Waals surface area contributed by atoms with E-state index in [0.717, 1.165) is 23.2 Å². The highest BCUT2D eigenvalue weighted by Gasteiger charge is 2.00. The Morgan fingerprint density at radius 2 is 1.67 bits per heavy atom. The minimum atomic E-state index is 0.838. The van der Waals surface area contributed by atoms with Crippen LogP contribution in [-0.2, 0) is 0 Å². The second-order valence-corrected chi connectivity index (χ2v) is 5.80. The van der Waals surface area contributed by atoms with E-state index < -0.39 is 0 Å². The molecule has 0 fully saturated rings. The molecular formula is C16H25BrO. The second-order valence-electron chi connectivity index (χ2n) is 4.88. The summed E-state index contributed by atoms with van der Waals surface area (Å²) in [6, 6.07) is 6.19. The zero-order chi connectivity index (χ0) is 13.2. The van der Waals surface area contributed by atoms with Crippen LogP contribution in [0.2, 0.25) is 0 Å². The highest BCUT2D eigenvalue weighted by atomic mass is 79.9. The summed E-state index contributed by atoms with van der Waals surface area (Å²) in [5.74, 6) is 1.01. The first-order valence-corrected chi connectivity index (χ1v) is 7.92. The maximum absolute atomic E-state index is 5.82. The fourth-order valence-electron chi connectivity index (χ4n) is 1.97. The van der Waals surface area contributed by atoms with E-state index >= 15 is 0 Å². The van der Waals surface area contributed by atoms with Crippen LogP contribution in [0.1, 0.15) is 57.4 Å². The molecule has 0 unspecified atom stereocenters. The van der Waals surface area contributed by atoms with Gasteiger partial charge in [0, 0.05) is 4.47 Å². The molecule has 2 heteroatoms. The van der Waals surface area contributed by atoms with Crippen LogP contribution < -0.4 is 4.74 Å². The van der Waals surface area contributed by atoms with Crippen molar-refractivity contribution in [2.24, 2.45) is 0 Å². The zero-order valence-electron chi connectivity index (χ0n) is 11.7. The van der Waals surface area contributed by atoms with Gasteiger partial charge < -0.3 is 4.74 Å². The molecule has 1 aromatic rings. The summed E-state index contributed by atoms with van der Waals surface area (Å²) in [6.07, 6.45) is 9.28. The van der Waals surface area contributed by atoms with Gasteiger partial charge in [0.05, 0.1) is 6.61 Å². The van der Waals surface area contributed by atoms with E-state index in [2.05, 4.69) is 48.0 Å². The van der Waals surface area contributed by atoms with Gasteiger partial charge in [-0.1, -0.05) is 67.4 Å². The van der Waals surface area contributed by atoms with Gasteiger partial charge >= 0.3 is 0 Å². The fraction of sp³-hybridized carbons (Fsp3) is 0.625. The van der Waals surface area contributed by atoms with E-state index in [1.807, 2.05) is 0 Å². The molecule has 0 saturated carbocycles. The van der Waals surface area contributed by atoms with Crippen LogP contribution >= 0.6 is 15.9 Å². The molecule has 102 valence electrons. The van der Waals surface area contributed by atoms with Crippen LogP contribution in [0.3, 0.4) is 0 Å². The van der Waals surface area contributed by atoms with Crippen molar-refractivity contribution in [2.75, 3.05) is 6.61 Å². The number of hydrogen-bond donors (Lipinski definition) is 0. The molecule has 0 amide bonds. The number of halogens is 1. The molecule has 1 nitrogen and oxygen atoms in total. The average Bonchev–Trinajstić information content (AvgIpc) is 2.36. The van der Waals surface area contributed by atoms with Crippen molar-refractivity contribution in [3.05, 3.63) is 28.2 Å². The van der Waals surface area contributed by atoms with Crippen molar-refractivity contribution < 1.29 is 4.74 Å². The summed E-state index contributed by atoms with van der Waals surface area (Å²) in [6.45, 7) is 5.19. The van der Waals surface area contributed by atoms with E-state index in [9.17, 15) is 0 Å². The molecule has 0 spiro atoms. The van der Waals surface area contributed by atoms with Crippen LogP contribution in [0.4, 0.5) is 0 Å². The molecule has 0 N–H and O–H groups in total. The van der Waals surface area contributed by atoms with Gasteiger partial charge in [-0.05, 0) is 31.0 Å². The number of benzene rings is 1. The fourth-order valence-corrected chi connectivity index (χ4v) is 2.31. The Morgan fingerprint density at radius 1 is 1.00 bits per heavy atom. The Labute approximate surface area is 120 Å². The highest BCUT2D eigenvalue weighted by Crippen LogP contribution is 2.23. The molecule has 1 rings (SSSR count). The minimum Gasteiger partial charge on any atom is -0.493 e. The number of ether oxygens (including phenoxy) is 1. The molecule has 0 radical (unpaired) electrons. The SMILES string of the molecule is CCCCCCCCCOc1cc(Br)ccc1C. The largest absolute Gasteiger partial charge is 0.493 e. The highest BCUT2D eigenvalue weighted by molar-refractivity contribution is 9.10. The summed E-state index contributed by atoms with van der Waals surface area (Å²) in [7, 11) is 0. The lowest BCUT2D eigenvalue weighted by molar-refractivity contribution is 0.302. The molecular weight excluding hydrogens is 288 g/mol. The summed E-state index contributed by atoms with van der Waals surface area (Å²) in [5.41, 5.74) is 1.21. The van der Waals surface area contributed by atoms with Crippen molar-refractivity contribution >= 4 is 15.9 Å². The molecule has 0 aromatic heterocycles. The molecule has 0 saturated heterocycles. The number of aryl methyl sites for hydroxylation is 1. The van der Waals surface area contributed by atoms with Gasteiger partial charge in [-0.15, -0.1) is 0 Å². The maximum Gasteiger partial charge on any atom is 0.123 e. The number of unbranched alkanes of at least 4 members (excludes halogenated alkanes) is 6. The maximum atomic E-state index is 5.82. The smallest absolute Gasteiger partial charge is 0.123 e. The van der Waals surface area contributed by atoms with Gasteiger partial charge in [-0.3, -0.25) is 0 Å². The number of rotatable bonds is 9. The Balaban J connectivity index is 2.09. The quantitative estimate of drug-likeness (QED) is 0.517. The van der Waals surface area contributed by atoms with Crippen LogP contribution in [-0.4, -0.2) is 6.61 Å². The van der Waals surface area contributed by atoms with E-state index in [4.69, 9.17) is 4.74 Å². The van der Waals surface area contributed by atoms with E-state index in [0.29, 0.717) is 0 Å². The van der Waals surface area contributed by atoms with Crippen LogP contribution in [0.15, 0.2) is 22.7 Å². The van der Waals surface area contributed by atoms with E-state index in [1.165, 1.54) is 44.1 Å². The Hall–Kier alpha value is -0.500. The third-order valence-electron chi connectivity index (χ3n) is 3.16. The molecule has 18 heavy (non-hydrogen) atoms. The monoisotopic (exact) mass is 312 g/mol. The Kier molecular flexibility index (Phi) is 8.15. The first kappa shape index (κ1) is 15.6. The lowest BCUT2D eigenvalue weighted by atomic mass is 10.1. The average molecular weight is 313 g/mol. The Bertz CT molecular complexity index is 336. The molecule has 0 aliphatic heterocycles. The van der Waals surface area contributed by atoms with Gasteiger partial charge in [-0.2, -0.15) is 0 Å². The standard InChI is InChI=1S/C16H25BrO/c1-3-4-5-6-7-8-9-12-18-16-13-15(17)11-10-14(16)2/h10-11,13H,3-9,12H2,1-2H3. The van der Waals surface area contributed by atoms with Gasteiger partial charge in [0.25, 0.3) is 0 Å². The predicted octanol–water partition coefficient (Wildman–Crippen LogP) is 5.89. The second kappa shape index (κ2) is 9.43. The predicted molar refractivity (Wildman–Crippen MR) is 82.4 cm³/mol. The summed E-state index contributed by atoms with van der Waals surface area (Å²) in [5, 5.41) is 0. The molecule has 0 aliphatic carbocycles. The van der Waals surface area contributed by atoms with Crippen molar-refractivity contribution in [2.45, 2.75) is 58.8 Å². The van der Waals surface area contributed by atoms with Gasteiger partial charge in [-0.25, -0.2) is 0 Å². The molecule has 0 heterocycles. The minimum absolute atomic E-state index is 0.838. The topological polar surface area (TPSA) is 9.23 Å². The third kappa shape index (κ3) is 6.44. The summed E-state index contributed by atoms with van der Waals surface area (Å²) >= 11 is 3.47. The zero-order valence-corrected chi connectivity index (χ0v) is 13.3. The third-order valence-corrected chi connectivity index (χ3v) is 3.65. The Morgan fingerprint density at radius 3 is 2.39 bits per heavy atom. The molecule has 0 atom stereocenters. The summed E-state index contributed by atoms with van der Waals surface area (Å²) < 4.78 is 6.90. The van der Waals surface area contributed by atoms with Crippen molar-refractivity contribution in [1.82, 2.24) is 0 Å².